The molecule has 0 radical (unpaired) electrons. The first kappa shape index (κ1) is 15.8. The van der Waals surface area contributed by atoms with Gasteiger partial charge in [-0.15, -0.1) is 10.2 Å². The van der Waals surface area contributed by atoms with Gasteiger partial charge in [-0.2, -0.15) is 0 Å². The molecule has 0 unspecified atom stereocenters. The monoisotopic (exact) mass is 322 g/mol. The van der Waals surface area contributed by atoms with E-state index in [1.54, 1.807) is 47.4 Å². The van der Waals surface area contributed by atoms with Crippen molar-refractivity contribution in [1.82, 2.24) is 29.6 Å². The Morgan fingerprint density at radius 2 is 1.88 bits per heavy atom. The molecule has 0 saturated heterocycles. The Balaban J connectivity index is 1.79. The zero-order valence-corrected chi connectivity index (χ0v) is 13.8. The smallest absolute Gasteiger partial charge is 0.272 e. The van der Waals surface area contributed by atoms with Gasteiger partial charge in [-0.3, -0.25) is 14.3 Å². The second kappa shape index (κ2) is 6.57. The maximum Gasteiger partial charge on any atom is 0.272 e. The highest BCUT2D eigenvalue weighted by Crippen LogP contribution is 2.10. The number of pyridine rings is 2. The fourth-order valence-corrected chi connectivity index (χ4v) is 2.52. The number of carbonyl (C=O) groups excluding carboxylic acids is 1. The Labute approximate surface area is 140 Å². The fourth-order valence-electron chi connectivity index (χ4n) is 2.52. The molecule has 1 amide bonds. The van der Waals surface area contributed by atoms with E-state index >= 15 is 0 Å². The minimum Gasteiger partial charge on any atom is -0.334 e. The van der Waals surface area contributed by atoms with Crippen LogP contribution in [0.15, 0.2) is 43.0 Å². The topological polar surface area (TPSA) is 76.8 Å². The van der Waals surface area contributed by atoms with Crippen LogP contribution in [0, 0.1) is 13.8 Å². The van der Waals surface area contributed by atoms with Crippen molar-refractivity contribution in [3.63, 3.8) is 0 Å². The Bertz CT molecular complexity index is 839. The summed E-state index contributed by atoms with van der Waals surface area (Å²) in [6.07, 6.45) is 3.08. The van der Waals surface area contributed by atoms with Crippen LogP contribution in [-0.2, 0) is 6.54 Å². The van der Waals surface area contributed by atoms with E-state index < -0.39 is 0 Å². The zero-order valence-electron chi connectivity index (χ0n) is 13.8. The van der Waals surface area contributed by atoms with Gasteiger partial charge in [0.2, 0.25) is 0 Å². The van der Waals surface area contributed by atoms with E-state index in [0.29, 0.717) is 18.1 Å². The van der Waals surface area contributed by atoms with Crippen molar-refractivity contribution >= 4 is 5.91 Å². The molecule has 122 valence electrons. The van der Waals surface area contributed by atoms with Gasteiger partial charge in [0.05, 0.1) is 12.2 Å². The third-order valence-corrected chi connectivity index (χ3v) is 3.53. The van der Waals surface area contributed by atoms with Gasteiger partial charge in [-0.25, -0.2) is 4.98 Å². The van der Waals surface area contributed by atoms with E-state index in [0.717, 1.165) is 17.0 Å². The summed E-state index contributed by atoms with van der Waals surface area (Å²) < 4.78 is 1.66. The molecular weight excluding hydrogens is 304 g/mol. The molecule has 0 N–H and O–H groups in total. The summed E-state index contributed by atoms with van der Waals surface area (Å²) in [5, 5.41) is 7.50. The summed E-state index contributed by atoms with van der Waals surface area (Å²) in [5.41, 5.74) is 3.30. The molecule has 0 aliphatic rings. The molecule has 0 saturated carbocycles. The van der Waals surface area contributed by atoms with Crippen molar-refractivity contribution in [2.75, 3.05) is 7.05 Å². The number of carbonyl (C=O) groups is 1. The van der Waals surface area contributed by atoms with Crippen LogP contribution in [0.25, 0.3) is 5.82 Å². The summed E-state index contributed by atoms with van der Waals surface area (Å²) in [5.74, 6) is 0.439. The van der Waals surface area contributed by atoms with Gasteiger partial charge in [0.15, 0.2) is 0 Å². The average Bonchev–Trinajstić information content (AvgIpc) is 3.07. The molecule has 7 nitrogen and oxygen atoms in total. The number of aromatic nitrogens is 5. The lowest BCUT2D eigenvalue weighted by Crippen LogP contribution is -2.27. The van der Waals surface area contributed by atoms with Crippen LogP contribution in [0.1, 0.15) is 27.4 Å². The third kappa shape index (κ3) is 3.45. The van der Waals surface area contributed by atoms with Gasteiger partial charge < -0.3 is 4.90 Å². The molecule has 3 aromatic heterocycles. The Kier molecular flexibility index (Phi) is 4.33. The van der Waals surface area contributed by atoms with Crippen molar-refractivity contribution in [3.8, 4) is 5.82 Å². The number of hydrogen-bond donors (Lipinski definition) is 0. The van der Waals surface area contributed by atoms with Gasteiger partial charge >= 0.3 is 0 Å². The molecule has 3 heterocycles. The van der Waals surface area contributed by atoms with Gasteiger partial charge in [-0.05, 0) is 43.7 Å². The van der Waals surface area contributed by atoms with Gasteiger partial charge in [0, 0.05) is 12.7 Å². The third-order valence-electron chi connectivity index (χ3n) is 3.53. The van der Waals surface area contributed by atoms with Gasteiger partial charge in [0.25, 0.3) is 5.91 Å². The van der Waals surface area contributed by atoms with Crippen molar-refractivity contribution in [2.24, 2.45) is 0 Å². The maximum atomic E-state index is 12.6. The number of amides is 1. The van der Waals surface area contributed by atoms with Crippen molar-refractivity contribution in [1.29, 1.82) is 0 Å². The van der Waals surface area contributed by atoms with Crippen molar-refractivity contribution in [2.45, 2.75) is 20.4 Å². The average molecular weight is 322 g/mol. The highest BCUT2D eigenvalue weighted by atomic mass is 16.2. The predicted octanol–water partition coefficient (Wildman–Crippen LogP) is 1.95. The summed E-state index contributed by atoms with van der Waals surface area (Å²) in [4.78, 5) is 23.1. The number of nitrogens with zero attached hydrogens (tertiary/aromatic N) is 6. The molecule has 3 aromatic rings. The molecule has 0 aromatic carbocycles. The largest absolute Gasteiger partial charge is 0.334 e. The first-order valence-corrected chi connectivity index (χ1v) is 7.54. The molecular formula is C17H18N6O. The summed E-state index contributed by atoms with van der Waals surface area (Å²) in [6, 6.07) is 9.28. The van der Waals surface area contributed by atoms with Gasteiger partial charge in [-0.1, -0.05) is 6.07 Å². The first-order chi connectivity index (χ1) is 11.5. The molecule has 0 atom stereocenters. The second-order valence-electron chi connectivity index (χ2n) is 5.69. The van der Waals surface area contributed by atoms with E-state index in [9.17, 15) is 4.79 Å². The van der Waals surface area contributed by atoms with E-state index in [-0.39, 0.29) is 5.91 Å². The van der Waals surface area contributed by atoms with Crippen LogP contribution in [0.4, 0.5) is 0 Å². The highest BCUT2D eigenvalue weighted by Gasteiger charge is 2.15. The molecule has 0 fully saturated rings. The molecule has 0 spiro atoms. The molecule has 0 aliphatic carbocycles. The quantitative estimate of drug-likeness (QED) is 0.734. The SMILES string of the molecule is Cc1cc(C)nc(CN(C)C(=O)c2cccc(-n3cnnc3)n2)c1. The molecule has 24 heavy (non-hydrogen) atoms. The maximum absolute atomic E-state index is 12.6. The number of hydrogen-bond acceptors (Lipinski definition) is 5. The Morgan fingerprint density at radius 1 is 1.12 bits per heavy atom. The van der Waals surface area contributed by atoms with Crippen LogP contribution in [-0.4, -0.2) is 42.6 Å². The minimum atomic E-state index is -0.161. The number of rotatable bonds is 4. The normalized spacial score (nSPS) is 10.6. The first-order valence-electron chi connectivity index (χ1n) is 7.54. The molecule has 3 rings (SSSR count). The van der Waals surface area contributed by atoms with Crippen LogP contribution < -0.4 is 0 Å². The summed E-state index contributed by atoms with van der Waals surface area (Å²) >= 11 is 0. The Morgan fingerprint density at radius 3 is 2.58 bits per heavy atom. The van der Waals surface area contributed by atoms with Crippen LogP contribution in [0.3, 0.4) is 0 Å². The second-order valence-corrected chi connectivity index (χ2v) is 5.69. The lowest BCUT2D eigenvalue weighted by Gasteiger charge is -2.17. The number of aryl methyl sites for hydroxylation is 2. The predicted molar refractivity (Wildman–Crippen MR) is 88.7 cm³/mol. The lowest BCUT2D eigenvalue weighted by molar-refractivity contribution is 0.0777. The molecule has 7 heteroatoms. The van der Waals surface area contributed by atoms with E-state index in [2.05, 4.69) is 20.2 Å². The minimum absolute atomic E-state index is 0.161. The summed E-state index contributed by atoms with van der Waals surface area (Å²) in [7, 11) is 1.74. The van der Waals surface area contributed by atoms with E-state index in [1.807, 2.05) is 26.0 Å². The van der Waals surface area contributed by atoms with E-state index in [4.69, 9.17) is 0 Å². The van der Waals surface area contributed by atoms with Crippen LogP contribution >= 0.6 is 0 Å². The van der Waals surface area contributed by atoms with E-state index in [1.165, 1.54) is 0 Å². The highest BCUT2D eigenvalue weighted by molar-refractivity contribution is 5.92. The zero-order chi connectivity index (χ0) is 17.1. The van der Waals surface area contributed by atoms with Crippen LogP contribution in [0.2, 0.25) is 0 Å². The lowest BCUT2D eigenvalue weighted by atomic mass is 10.2. The molecule has 0 aliphatic heterocycles. The molecule has 0 bridgehead atoms. The summed E-state index contributed by atoms with van der Waals surface area (Å²) in [6.45, 7) is 4.40. The van der Waals surface area contributed by atoms with Gasteiger partial charge in [0.1, 0.15) is 24.2 Å². The standard InChI is InChI=1S/C17H18N6O/c1-12-7-13(2)20-14(8-12)9-22(3)17(24)15-5-4-6-16(21-15)23-10-18-19-11-23/h4-8,10-11H,9H2,1-3H3. The Hall–Kier alpha value is -3.09. The van der Waals surface area contributed by atoms with Crippen molar-refractivity contribution in [3.05, 3.63) is 65.6 Å². The van der Waals surface area contributed by atoms with Crippen LogP contribution in [0.5, 0.6) is 0 Å². The van der Waals surface area contributed by atoms with Crippen molar-refractivity contribution < 1.29 is 4.79 Å². The fraction of sp³-hybridized carbons (Fsp3) is 0.235.